The molecule has 1 heterocycles. The van der Waals surface area contributed by atoms with E-state index in [1.54, 1.807) is 24.3 Å². The highest BCUT2D eigenvalue weighted by Crippen LogP contribution is 2.37. The molecule has 0 amide bonds. The van der Waals surface area contributed by atoms with E-state index >= 15 is 0 Å². The number of halogens is 4. The number of hydrogen-bond donors (Lipinski definition) is 1. The normalized spacial score (nSPS) is 11.0. The number of nitrogens with zero attached hydrogens (tertiary/aromatic N) is 1. The summed E-state index contributed by atoms with van der Waals surface area (Å²) < 4.78 is 0. The fourth-order valence-corrected chi connectivity index (χ4v) is 3.27. The summed E-state index contributed by atoms with van der Waals surface area (Å²) in [6.07, 6.45) is 0. The van der Waals surface area contributed by atoms with Gasteiger partial charge in [0.2, 0.25) is 0 Å². The molecule has 0 aliphatic carbocycles. The lowest BCUT2D eigenvalue weighted by Crippen LogP contribution is -2.03. The average molecular weight is 387 g/mol. The Morgan fingerprint density at radius 2 is 1.61 bits per heavy atom. The van der Waals surface area contributed by atoms with Crippen molar-refractivity contribution in [2.24, 2.45) is 0 Å². The topological polar surface area (TPSA) is 50.2 Å². The number of aromatic carboxylic acids is 1. The van der Waals surface area contributed by atoms with Gasteiger partial charge in [-0.2, -0.15) is 0 Å². The monoisotopic (exact) mass is 385 g/mol. The molecule has 0 saturated carbocycles. The van der Waals surface area contributed by atoms with Crippen LogP contribution in [0.4, 0.5) is 0 Å². The first-order valence-corrected chi connectivity index (χ1v) is 7.87. The molecule has 3 aromatic rings. The highest BCUT2D eigenvalue weighted by atomic mass is 35.5. The largest absolute Gasteiger partial charge is 0.478 e. The molecule has 2 aromatic carbocycles. The molecule has 7 heteroatoms. The van der Waals surface area contributed by atoms with Gasteiger partial charge in [-0.15, -0.1) is 0 Å². The molecule has 1 aromatic heterocycles. The van der Waals surface area contributed by atoms with Crippen molar-refractivity contribution in [3.05, 3.63) is 62.1 Å². The molecule has 116 valence electrons. The molecule has 1 N–H and O–H groups in total. The molecule has 3 rings (SSSR count). The summed E-state index contributed by atoms with van der Waals surface area (Å²) in [4.78, 5) is 16.1. The minimum Gasteiger partial charge on any atom is -0.478 e. The van der Waals surface area contributed by atoms with Gasteiger partial charge >= 0.3 is 5.97 Å². The van der Waals surface area contributed by atoms with Crippen molar-refractivity contribution in [3.8, 4) is 11.3 Å². The Kier molecular flexibility index (Phi) is 4.39. The van der Waals surface area contributed by atoms with Crippen LogP contribution in [-0.4, -0.2) is 16.1 Å². The van der Waals surface area contributed by atoms with Gasteiger partial charge in [0, 0.05) is 21.0 Å². The maximum atomic E-state index is 11.7. The van der Waals surface area contributed by atoms with E-state index < -0.39 is 5.97 Å². The van der Waals surface area contributed by atoms with Gasteiger partial charge in [0.15, 0.2) is 0 Å². The average Bonchev–Trinajstić information content (AvgIpc) is 2.47. The van der Waals surface area contributed by atoms with Gasteiger partial charge in [-0.25, -0.2) is 9.78 Å². The predicted octanol–water partition coefficient (Wildman–Crippen LogP) is 6.21. The minimum atomic E-state index is -1.18. The van der Waals surface area contributed by atoms with E-state index in [1.165, 1.54) is 12.1 Å². The molecule has 3 nitrogen and oxygen atoms in total. The van der Waals surface area contributed by atoms with Gasteiger partial charge in [0.25, 0.3) is 0 Å². The second kappa shape index (κ2) is 6.17. The molecular formula is C16H7Cl4NO2. The van der Waals surface area contributed by atoms with Gasteiger partial charge < -0.3 is 5.11 Å². The van der Waals surface area contributed by atoms with Crippen LogP contribution < -0.4 is 0 Å². The molecule has 0 unspecified atom stereocenters. The van der Waals surface area contributed by atoms with E-state index in [9.17, 15) is 9.90 Å². The van der Waals surface area contributed by atoms with Crippen LogP contribution >= 0.6 is 46.4 Å². The quantitative estimate of drug-likeness (QED) is 0.569. The highest BCUT2D eigenvalue weighted by molar-refractivity contribution is 6.41. The lowest BCUT2D eigenvalue weighted by atomic mass is 10.0. The second-order valence-electron chi connectivity index (χ2n) is 4.75. The van der Waals surface area contributed by atoms with E-state index in [4.69, 9.17) is 46.4 Å². The third kappa shape index (κ3) is 2.98. The Morgan fingerprint density at radius 1 is 0.957 bits per heavy atom. The molecule has 0 aliphatic rings. The number of rotatable bonds is 2. The van der Waals surface area contributed by atoms with Crippen LogP contribution in [-0.2, 0) is 0 Å². The van der Waals surface area contributed by atoms with E-state index in [-0.39, 0.29) is 21.0 Å². The van der Waals surface area contributed by atoms with E-state index in [0.29, 0.717) is 26.8 Å². The molecule has 0 saturated heterocycles. The van der Waals surface area contributed by atoms with E-state index in [0.717, 1.165) is 0 Å². The van der Waals surface area contributed by atoms with Crippen molar-refractivity contribution in [3.63, 3.8) is 0 Å². The number of fused-ring (bicyclic) bond motifs is 1. The Labute approximate surface area is 151 Å². The second-order valence-corrected chi connectivity index (χ2v) is 6.40. The van der Waals surface area contributed by atoms with Crippen molar-refractivity contribution < 1.29 is 9.90 Å². The Hall–Kier alpha value is -1.52. The number of carboxylic acid groups (broad SMARTS) is 1. The molecule has 0 spiro atoms. The van der Waals surface area contributed by atoms with Crippen LogP contribution in [0.25, 0.3) is 22.2 Å². The smallest absolute Gasteiger partial charge is 0.337 e. The minimum absolute atomic E-state index is 0.0191. The zero-order valence-corrected chi connectivity index (χ0v) is 14.3. The van der Waals surface area contributed by atoms with Crippen LogP contribution in [0.3, 0.4) is 0 Å². The SMILES string of the molecule is O=C(O)c1c(Cl)c(-c2ccc(Cl)cc2)nc2c(Cl)cc(Cl)cc12. The summed E-state index contributed by atoms with van der Waals surface area (Å²) in [5.74, 6) is -1.18. The Balaban J connectivity index is 2.42. The molecular weight excluding hydrogens is 380 g/mol. The Morgan fingerprint density at radius 3 is 2.22 bits per heavy atom. The van der Waals surface area contributed by atoms with Crippen LogP contribution in [0.1, 0.15) is 10.4 Å². The molecule has 0 aliphatic heterocycles. The standard InChI is InChI=1S/C16H7Cl4NO2/c17-8-3-1-7(2-4-8)14-13(20)12(16(22)23)10-5-9(18)6-11(19)15(10)21-14/h1-6H,(H,22,23). The van der Waals surface area contributed by atoms with Crippen molar-refractivity contribution >= 4 is 63.3 Å². The van der Waals surface area contributed by atoms with Gasteiger partial charge in [0.05, 0.1) is 26.8 Å². The summed E-state index contributed by atoms with van der Waals surface area (Å²) in [6, 6.07) is 9.74. The van der Waals surface area contributed by atoms with Gasteiger partial charge in [0.1, 0.15) is 0 Å². The summed E-state index contributed by atoms with van der Waals surface area (Å²) in [7, 11) is 0. The Bertz CT molecular complexity index is 939. The lowest BCUT2D eigenvalue weighted by Gasteiger charge is -2.12. The zero-order valence-electron chi connectivity index (χ0n) is 11.3. The van der Waals surface area contributed by atoms with Crippen LogP contribution in [0, 0.1) is 0 Å². The molecule has 0 bridgehead atoms. The third-order valence-corrected chi connectivity index (χ3v) is 4.41. The fourth-order valence-electron chi connectivity index (χ4n) is 2.28. The summed E-state index contributed by atoms with van der Waals surface area (Å²) in [5, 5.41) is 11.0. The fraction of sp³-hybridized carbons (Fsp3) is 0. The number of benzene rings is 2. The van der Waals surface area contributed by atoms with Crippen molar-refractivity contribution in [2.45, 2.75) is 0 Å². The lowest BCUT2D eigenvalue weighted by molar-refractivity contribution is 0.0699. The van der Waals surface area contributed by atoms with Crippen LogP contribution in [0.5, 0.6) is 0 Å². The zero-order chi connectivity index (χ0) is 16.7. The maximum absolute atomic E-state index is 11.7. The van der Waals surface area contributed by atoms with Crippen LogP contribution in [0.15, 0.2) is 36.4 Å². The van der Waals surface area contributed by atoms with Crippen molar-refractivity contribution in [1.82, 2.24) is 4.98 Å². The number of aromatic nitrogens is 1. The first kappa shape index (κ1) is 16.3. The molecule has 0 fully saturated rings. The van der Waals surface area contributed by atoms with Gasteiger partial charge in [-0.1, -0.05) is 58.5 Å². The van der Waals surface area contributed by atoms with Crippen molar-refractivity contribution in [1.29, 1.82) is 0 Å². The molecule has 0 atom stereocenters. The number of pyridine rings is 1. The first-order valence-electron chi connectivity index (χ1n) is 6.36. The maximum Gasteiger partial charge on any atom is 0.337 e. The first-order chi connectivity index (χ1) is 10.9. The van der Waals surface area contributed by atoms with E-state index in [2.05, 4.69) is 4.98 Å². The number of carbonyl (C=O) groups is 1. The predicted molar refractivity (Wildman–Crippen MR) is 94.2 cm³/mol. The van der Waals surface area contributed by atoms with Gasteiger partial charge in [-0.05, 0) is 24.3 Å². The van der Waals surface area contributed by atoms with Gasteiger partial charge in [-0.3, -0.25) is 0 Å². The van der Waals surface area contributed by atoms with Crippen LogP contribution in [0.2, 0.25) is 20.1 Å². The van der Waals surface area contributed by atoms with Crippen molar-refractivity contribution in [2.75, 3.05) is 0 Å². The third-order valence-electron chi connectivity index (χ3n) is 3.28. The summed E-state index contributed by atoms with van der Waals surface area (Å²) >= 11 is 24.3. The number of hydrogen-bond acceptors (Lipinski definition) is 2. The summed E-state index contributed by atoms with van der Waals surface area (Å²) in [6.45, 7) is 0. The summed E-state index contributed by atoms with van der Waals surface area (Å²) in [5.41, 5.74) is 1.18. The highest BCUT2D eigenvalue weighted by Gasteiger charge is 2.21. The van der Waals surface area contributed by atoms with E-state index in [1.807, 2.05) is 0 Å². The number of carboxylic acids is 1. The molecule has 23 heavy (non-hydrogen) atoms. The molecule has 0 radical (unpaired) electrons.